The summed E-state index contributed by atoms with van der Waals surface area (Å²) in [6.07, 6.45) is 1.60. The van der Waals surface area contributed by atoms with Crippen LogP contribution in [0.2, 0.25) is 0 Å². The Morgan fingerprint density at radius 1 is 1.28 bits per heavy atom. The predicted octanol–water partition coefficient (Wildman–Crippen LogP) is 1.67. The minimum Gasteiger partial charge on any atom is -0.481 e. The molecule has 0 aromatic rings. The molecule has 18 heavy (non-hydrogen) atoms. The lowest BCUT2D eigenvalue weighted by atomic mass is 9.76. The van der Waals surface area contributed by atoms with E-state index in [1.807, 2.05) is 0 Å². The van der Waals surface area contributed by atoms with Crippen molar-refractivity contribution in [3.05, 3.63) is 0 Å². The lowest BCUT2D eigenvalue weighted by Gasteiger charge is -2.30. The highest BCUT2D eigenvalue weighted by atomic mass is 16.5. The van der Waals surface area contributed by atoms with Gasteiger partial charge in [-0.3, -0.25) is 9.59 Å². The molecule has 1 unspecified atom stereocenters. The molecule has 0 rings (SSSR count). The van der Waals surface area contributed by atoms with Gasteiger partial charge in [0.25, 0.3) is 0 Å². The van der Waals surface area contributed by atoms with Gasteiger partial charge in [0.1, 0.15) is 6.61 Å². The lowest BCUT2D eigenvalue weighted by Crippen LogP contribution is -2.31. The second-order valence-corrected chi connectivity index (χ2v) is 5.57. The molecule has 0 fully saturated rings. The maximum atomic E-state index is 11.2. The van der Waals surface area contributed by atoms with Gasteiger partial charge in [-0.05, 0) is 24.2 Å². The summed E-state index contributed by atoms with van der Waals surface area (Å²) in [5.74, 6) is -0.632. The molecule has 0 heterocycles. The number of aliphatic carboxylic acids is 1. The summed E-state index contributed by atoms with van der Waals surface area (Å²) in [6.45, 7) is 6.91. The Kier molecular flexibility index (Phi) is 7.59. The van der Waals surface area contributed by atoms with E-state index in [-0.39, 0.29) is 30.3 Å². The molecular formula is C13H25NO4. The number of ether oxygens (including phenoxy) is 1. The van der Waals surface area contributed by atoms with Crippen molar-refractivity contribution in [2.75, 3.05) is 20.3 Å². The number of carbonyl (C=O) groups excluding carboxylic acids is 1. The second-order valence-electron chi connectivity index (χ2n) is 5.57. The van der Waals surface area contributed by atoms with E-state index < -0.39 is 5.97 Å². The van der Waals surface area contributed by atoms with Crippen molar-refractivity contribution >= 4 is 11.9 Å². The van der Waals surface area contributed by atoms with Crippen LogP contribution in [0, 0.1) is 11.3 Å². The van der Waals surface area contributed by atoms with E-state index in [2.05, 4.69) is 26.1 Å². The molecule has 0 bridgehead atoms. The van der Waals surface area contributed by atoms with E-state index in [1.165, 1.54) is 7.11 Å². The van der Waals surface area contributed by atoms with Crippen molar-refractivity contribution in [2.24, 2.45) is 11.3 Å². The first-order valence-corrected chi connectivity index (χ1v) is 6.24. The molecule has 5 nitrogen and oxygen atoms in total. The van der Waals surface area contributed by atoms with Gasteiger partial charge in [0.05, 0.1) is 0 Å². The van der Waals surface area contributed by atoms with E-state index in [4.69, 9.17) is 9.84 Å². The molecule has 0 radical (unpaired) electrons. The normalized spacial score (nSPS) is 13.1. The van der Waals surface area contributed by atoms with Crippen LogP contribution in [-0.4, -0.2) is 37.2 Å². The molecule has 5 heteroatoms. The van der Waals surface area contributed by atoms with Crippen LogP contribution in [0.3, 0.4) is 0 Å². The van der Waals surface area contributed by atoms with Gasteiger partial charge in [-0.15, -0.1) is 0 Å². The Morgan fingerprint density at radius 2 is 1.89 bits per heavy atom. The number of carboxylic acid groups (broad SMARTS) is 1. The maximum Gasteiger partial charge on any atom is 0.303 e. The average molecular weight is 259 g/mol. The van der Waals surface area contributed by atoms with Gasteiger partial charge >= 0.3 is 5.97 Å². The summed E-state index contributed by atoms with van der Waals surface area (Å²) in [5.41, 5.74) is 0.0431. The van der Waals surface area contributed by atoms with Gasteiger partial charge in [-0.1, -0.05) is 20.8 Å². The fourth-order valence-corrected chi connectivity index (χ4v) is 1.88. The number of hydrogen-bond donors (Lipinski definition) is 2. The topological polar surface area (TPSA) is 75.6 Å². The second kappa shape index (κ2) is 8.08. The molecular weight excluding hydrogens is 234 g/mol. The molecule has 0 aliphatic rings. The highest BCUT2D eigenvalue weighted by molar-refractivity contribution is 5.77. The van der Waals surface area contributed by atoms with Crippen LogP contribution >= 0.6 is 0 Å². The fourth-order valence-electron chi connectivity index (χ4n) is 1.88. The molecule has 1 amide bonds. The molecule has 0 aromatic carbocycles. The largest absolute Gasteiger partial charge is 0.481 e. The first-order chi connectivity index (χ1) is 8.27. The molecule has 0 aliphatic carbocycles. The highest BCUT2D eigenvalue weighted by Crippen LogP contribution is 2.32. The van der Waals surface area contributed by atoms with Crippen LogP contribution in [0.5, 0.6) is 0 Å². The van der Waals surface area contributed by atoms with Crippen molar-refractivity contribution < 1.29 is 19.4 Å². The van der Waals surface area contributed by atoms with Crippen LogP contribution < -0.4 is 5.32 Å². The fraction of sp³-hybridized carbons (Fsp3) is 0.846. The van der Waals surface area contributed by atoms with Crippen molar-refractivity contribution in [3.63, 3.8) is 0 Å². The first kappa shape index (κ1) is 16.9. The summed E-state index contributed by atoms with van der Waals surface area (Å²) in [5, 5.41) is 11.5. The summed E-state index contributed by atoms with van der Waals surface area (Å²) < 4.78 is 4.72. The zero-order valence-corrected chi connectivity index (χ0v) is 11.8. The van der Waals surface area contributed by atoms with Gasteiger partial charge in [0.15, 0.2) is 0 Å². The van der Waals surface area contributed by atoms with Crippen LogP contribution in [0.25, 0.3) is 0 Å². The quantitative estimate of drug-likeness (QED) is 0.695. The van der Waals surface area contributed by atoms with Crippen molar-refractivity contribution in [3.8, 4) is 0 Å². The van der Waals surface area contributed by atoms with Crippen molar-refractivity contribution in [2.45, 2.75) is 40.0 Å². The molecule has 0 saturated carbocycles. The number of hydrogen-bond acceptors (Lipinski definition) is 3. The van der Waals surface area contributed by atoms with Crippen molar-refractivity contribution in [1.82, 2.24) is 5.32 Å². The monoisotopic (exact) mass is 259 g/mol. The molecule has 0 aliphatic heterocycles. The van der Waals surface area contributed by atoms with Crippen LogP contribution in [0.1, 0.15) is 40.0 Å². The predicted molar refractivity (Wildman–Crippen MR) is 69.3 cm³/mol. The molecule has 0 saturated heterocycles. The van der Waals surface area contributed by atoms with Gasteiger partial charge in [0, 0.05) is 20.1 Å². The summed E-state index contributed by atoms with van der Waals surface area (Å²) in [7, 11) is 1.48. The molecule has 1 atom stereocenters. The van der Waals surface area contributed by atoms with Gasteiger partial charge in [-0.25, -0.2) is 0 Å². The third-order valence-corrected chi connectivity index (χ3v) is 3.02. The third-order valence-electron chi connectivity index (χ3n) is 3.02. The summed E-state index contributed by atoms with van der Waals surface area (Å²) in [6, 6.07) is 0. The third kappa shape index (κ3) is 8.06. The van der Waals surface area contributed by atoms with Gasteiger partial charge < -0.3 is 15.2 Å². The van der Waals surface area contributed by atoms with E-state index in [1.54, 1.807) is 0 Å². The molecule has 106 valence electrons. The van der Waals surface area contributed by atoms with Gasteiger partial charge in [-0.2, -0.15) is 0 Å². The first-order valence-electron chi connectivity index (χ1n) is 6.24. The minimum absolute atomic E-state index is 0.0431. The van der Waals surface area contributed by atoms with Crippen molar-refractivity contribution in [1.29, 1.82) is 0 Å². The zero-order valence-electron chi connectivity index (χ0n) is 11.8. The number of methoxy groups -OCH3 is 1. The van der Waals surface area contributed by atoms with E-state index in [9.17, 15) is 9.59 Å². The molecule has 2 N–H and O–H groups in total. The highest BCUT2D eigenvalue weighted by Gasteiger charge is 2.24. The Hall–Kier alpha value is -1.10. The number of carbonyl (C=O) groups is 2. The van der Waals surface area contributed by atoms with Gasteiger partial charge in [0.2, 0.25) is 5.91 Å². The Balaban J connectivity index is 4.10. The number of amides is 1. The molecule has 0 aromatic heterocycles. The Labute approximate surface area is 109 Å². The summed E-state index contributed by atoms with van der Waals surface area (Å²) >= 11 is 0. The Bertz CT molecular complexity index is 271. The summed E-state index contributed by atoms with van der Waals surface area (Å²) in [4.78, 5) is 21.8. The maximum absolute atomic E-state index is 11.2. The number of rotatable bonds is 8. The van der Waals surface area contributed by atoms with E-state index in [0.717, 1.165) is 6.42 Å². The molecule has 0 spiro atoms. The lowest BCUT2D eigenvalue weighted by molar-refractivity contribution is -0.137. The minimum atomic E-state index is -0.771. The standard InChI is InChI=1S/C13H25NO4/c1-13(2,3)10(5-6-12(16)17)7-8-14-11(15)9-18-4/h10H,5-9H2,1-4H3,(H,14,15)(H,16,17). The number of nitrogens with one attached hydrogen (secondary N) is 1. The average Bonchev–Trinajstić information content (AvgIpc) is 2.21. The smallest absolute Gasteiger partial charge is 0.303 e. The number of carboxylic acids is 1. The van der Waals surface area contributed by atoms with Crippen LogP contribution in [0.15, 0.2) is 0 Å². The zero-order chi connectivity index (χ0) is 14.2. The van der Waals surface area contributed by atoms with E-state index in [0.29, 0.717) is 13.0 Å². The SMILES string of the molecule is COCC(=O)NCCC(CCC(=O)O)C(C)(C)C. The van der Waals surface area contributed by atoms with Crippen LogP contribution in [0.4, 0.5) is 0 Å². The Morgan fingerprint density at radius 3 is 2.33 bits per heavy atom. The van der Waals surface area contributed by atoms with E-state index >= 15 is 0 Å². The van der Waals surface area contributed by atoms with Crippen LogP contribution in [-0.2, 0) is 14.3 Å².